The summed E-state index contributed by atoms with van der Waals surface area (Å²) in [5, 5.41) is 40.8. The molecule has 11 heteroatoms. The van der Waals surface area contributed by atoms with E-state index in [1.807, 2.05) is 0 Å². The van der Waals surface area contributed by atoms with Gasteiger partial charge in [-0.25, -0.2) is 0 Å². The maximum atomic E-state index is 9.56. The van der Waals surface area contributed by atoms with Crippen molar-refractivity contribution in [1.82, 2.24) is 0 Å². The monoisotopic (exact) mass is 260 g/mol. The number of aliphatic hydroxyl groups excluding tert-OH is 3. The molecule has 0 fully saturated rings. The predicted molar refractivity (Wildman–Crippen MR) is 66.6 cm³/mol. The third kappa shape index (κ3) is 6.37. The Labute approximate surface area is 102 Å². The van der Waals surface area contributed by atoms with Gasteiger partial charge in [0, 0.05) is 0 Å². The van der Waals surface area contributed by atoms with Crippen LogP contribution in [0.2, 0.25) is 0 Å². The number of hydrogen-bond acceptors (Lipinski definition) is 7. The molecule has 0 radical (unpaired) electrons. The molecule has 102 valence electrons. The molecule has 18 heavy (non-hydrogen) atoms. The van der Waals surface area contributed by atoms with Crippen LogP contribution in [0.5, 0.6) is 0 Å². The number of guanidine groups is 2. The van der Waals surface area contributed by atoms with E-state index in [4.69, 9.17) is 28.0 Å². The third-order valence-electron chi connectivity index (χ3n) is 1.50. The Bertz CT molecular complexity index is 369. The number of aliphatic hydroxyl groups is 3. The molecular weight excluding hydrogens is 244 g/mol. The summed E-state index contributed by atoms with van der Waals surface area (Å²) in [6, 6.07) is 0. The zero-order valence-electron chi connectivity index (χ0n) is 9.38. The second-order valence-corrected chi connectivity index (χ2v) is 3.01. The van der Waals surface area contributed by atoms with Crippen molar-refractivity contribution >= 4 is 23.8 Å². The highest BCUT2D eigenvalue weighted by Crippen LogP contribution is 1.96. The van der Waals surface area contributed by atoms with Crippen LogP contribution in [-0.4, -0.2) is 58.0 Å². The molecule has 0 saturated heterocycles. The first-order valence-corrected chi connectivity index (χ1v) is 4.64. The minimum Gasteiger partial charge on any atom is -0.394 e. The van der Waals surface area contributed by atoms with E-state index in [1.165, 1.54) is 0 Å². The maximum Gasteiger partial charge on any atom is 0.211 e. The molecule has 11 N–H and O–H groups in total. The molecule has 0 bridgehead atoms. The van der Waals surface area contributed by atoms with E-state index >= 15 is 0 Å². The highest BCUT2D eigenvalue weighted by molar-refractivity contribution is 6.32. The molecule has 0 saturated carbocycles. The van der Waals surface area contributed by atoms with Crippen LogP contribution in [0.3, 0.4) is 0 Å². The number of rotatable bonds is 6. The first-order valence-electron chi connectivity index (χ1n) is 4.64. The van der Waals surface area contributed by atoms with Crippen LogP contribution in [-0.2, 0) is 0 Å². The van der Waals surface area contributed by atoms with Gasteiger partial charge in [0.05, 0.1) is 12.8 Å². The lowest BCUT2D eigenvalue weighted by atomic mass is 10.1. The minimum atomic E-state index is -1.56. The molecule has 0 aliphatic carbocycles. The summed E-state index contributed by atoms with van der Waals surface area (Å²) in [5.41, 5.74) is 19.9. The summed E-state index contributed by atoms with van der Waals surface area (Å²) in [5.74, 6) is -0.682. The van der Waals surface area contributed by atoms with Crippen molar-refractivity contribution in [2.75, 3.05) is 6.61 Å². The summed E-state index contributed by atoms with van der Waals surface area (Å²) in [6.45, 7) is -0.696. The molecule has 0 rings (SSSR count). The van der Waals surface area contributed by atoms with Crippen LogP contribution >= 0.6 is 0 Å². The van der Waals surface area contributed by atoms with Gasteiger partial charge in [-0.05, 0) is 0 Å². The van der Waals surface area contributed by atoms with Gasteiger partial charge in [0.25, 0.3) is 0 Å². The van der Waals surface area contributed by atoms with E-state index in [2.05, 4.69) is 20.4 Å². The third-order valence-corrected chi connectivity index (χ3v) is 1.50. The van der Waals surface area contributed by atoms with Crippen LogP contribution < -0.4 is 22.9 Å². The smallest absolute Gasteiger partial charge is 0.211 e. The lowest BCUT2D eigenvalue weighted by Gasteiger charge is -2.13. The Morgan fingerprint density at radius 2 is 1.56 bits per heavy atom. The average molecular weight is 260 g/mol. The lowest BCUT2D eigenvalue weighted by molar-refractivity contribution is 0.0192. The largest absolute Gasteiger partial charge is 0.394 e. The van der Waals surface area contributed by atoms with Gasteiger partial charge in [0.15, 0.2) is 0 Å². The quantitative estimate of drug-likeness (QED) is 0.141. The Balaban J connectivity index is 5.06. The van der Waals surface area contributed by atoms with Gasteiger partial charge >= 0.3 is 0 Å². The Kier molecular flexibility index (Phi) is 6.95. The fourth-order valence-electron chi connectivity index (χ4n) is 0.728. The number of nitrogens with zero attached hydrogens (tertiary/aromatic N) is 4. The minimum absolute atomic E-state index is 0.241. The van der Waals surface area contributed by atoms with Crippen LogP contribution in [0.1, 0.15) is 0 Å². The molecule has 0 aromatic rings. The summed E-state index contributed by atoms with van der Waals surface area (Å²) >= 11 is 0. The van der Waals surface area contributed by atoms with Crippen LogP contribution in [0.4, 0.5) is 0 Å². The number of nitrogens with two attached hydrogens (primary N) is 4. The lowest BCUT2D eigenvalue weighted by Crippen LogP contribution is -2.37. The fraction of sp³-hybridized carbons (Fsp3) is 0.429. The van der Waals surface area contributed by atoms with Crippen LogP contribution in [0.15, 0.2) is 20.4 Å². The first-order chi connectivity index (χ1) is 8.38. The summed E-state index contributed by atoms with van der Waals surface area (Å²) in [6.07, 6.45) is -2.12. The van der Waals surface area contributed by atoms with Gasteiger partial charge in [-0.2, -0.15) is 5.10 Å². The molecule has 2 atom stereocenters. The Hall–Kier alpha value is -2.24. The molecule has 0 heterocycles. The van der Waals surface area contributed by atoms with E-state index in [1.54, 1.807) is 0 Å². The van der Waals surface area contributed by atoms with Crippen molar-refractivity contribution in [3.63, 3.8) is 0 Å². The zero-order valence-corrected chi connectivity index (χ0v) is 9.38. The van der Waals surface area contributed by atoms with Gasteiger partial charge < -0.3 is 38.3 Å². The van der Waals surface area contributed by atoms with Crippen molar-refractivity contribution < 1.29 is 15.3 Å². The highest BCUT2D eigenvalue weighted by Gasteiger charge is 2.20. The molecule has 0 amide bonds. The van der Waals surface area contributed by atoms with Gasteiger partial charge in [-0.3, -0.25) is 0 Å². The average Bonchev–Trinajstić information content (AvgIpc) is 2.30. The molecule has 0 aliphatic heterocycles. The maximum absolute atomic E-state index is 9.56. The molecule has 2 unspecified atom stereocenters. The zero-order chi connectivity index (χ0) is 14.1. The molecule has 0 spiro atoms. The normalized spacial score (nSPS) is 15.2. The highest BCUT2D eigenvalue weighted by atomic mass is 16.4. The van der Waals surface area contributed by atoms with Crippen molar-refractivity contribution in [2.45, 2.75) is 12.2 Å². The van der Waals surface area contributed by atoms with Crippen molar-refractivity contribution in [3.05, 3.63) is 0 Å². The van der Waals surface area contributed by atoms with Crippen molar-refractivity contribution in [1.29, 1.82) is 0 Å². The fourth-order valence-corrected chi connectivity index (χ4v) is 0.728. The van der Waals surface area contributed by atoms with Crippen LogP contribution in [0, 0.1) is 0 Å². The molecule has 11 nitrogen and oxygen atoms in total. The second kappa shape index (κ2) is 7.94. The van der Waals surface area contributed by atoms with Crippen LogP contribution in [0.25, 0.3) is 0 Å². The topological polar surface area (TPSA) is 214 Å². The van der Waals surface area contributed by atoms with Gasteiger partial charge in [-0.1, -0.05) is 0 Å². The van der Waals surface area contributed by atoms with E-state index in [9.17, 15) is 10.2 Å². The first kappa shape index (κ1) is 15.8. The molecule has 0 aromatic carbocycles. The number of hydrogen-bond donors (Lipinski definition) is 7. The van der Waals surface area contributed by atoms with Gasteiger partial charge in [0.1, 0.15) is 17.9 Å². The van der Waals surface area contributed by atoms with E-state index in [-0.39, 0.29) is 17.6 Å². The van der Waals surface area contributed by atoms with Crippen molar-refractivity contribution in [2.24, 2.45) is 43.3 Å². The second-order valence-electron chi connectivity index (χ2n) is 3.01. The van der Waals surface area contributed by atoms with E-state index in [0.717, 1.165) is 6.21 Å². The summed E-state index contributed by atoms with van der Waals surface area (Å²) in [7, 11) is 0. The predicted octanol–water partition coefficient (Wildman–Crippen LogP) is -4.41. The standard InChI is InChI=1S/C7H16N8O3/c8-6(9)14-12-1-3(13-15-7(10)11)5(18)4(17)2-16/h1,4-5,16-18H,2H2,(H4,8,9,14)(H4,10,11,15). The Morgan fingerprint density at radius 1 is 1.00 bits per heavy atom. The van der Waals surface area contributed by atoms with Gasteiger partial charge in [0.2, 0.25) is 11.9 Å². The molecule has 0 aromatic heterocycles. The van der Waals surface area contributed by atoms with E-state index < -0.39 is 18.8 Å². The summed E-state index contributed by atoms with van der Waals surface area (Å²) in [4.78, 5) is 0. The molecular formula is C7H16N8O3. The van der Waals surface area contributed by atoms with Gasteiger partial charge in [-0.15, -0.1) is 15.3 Å². The summed E-state index contributed by atoms with van der Waals surface area (Å²) < 4.78 is 0. The Morgan fingerprint density at radius 3 is 2.00 bits per heavy atom. The SMILES string of the molecule is NC(N)=NN=CC(=NN=C(N)N)C(O)C(O)CO. The van der Waals surface area contributed by atoms with E-state index in [0.29, 0.717) is 0 Å². The molecule has 0 aliphatic rings. The van der Waals surface area contributed by atoms with Crippen molar-refractivity contribution in [3.8, 4) is 0 Å².